The molecule has 7 heteroatoms. The van der Waals surface area contributed by atoms with Gasteiger partial charge in [0.05, 0.1) is 19.3 Å². The van der Waals surface area contributed by atoms with Crippen LogP contribution in [0.5, 0.6) is 5.75 Å². The van der Waals surface area contributed by atoms with Gasteiger partial charge >= 0.3 is 5.97 Å². The van der Waals surface area contributed by atoms with E-state index in [1.807, 2.05) is 24.3 Å². The summed E-state index contributed by atoms with van der Waals surface area (Å²) in [7, 11) is 1.29. The van der Waals surface area contributed by atoms with Crippen LogP contribution in [0.1, 0.15) is 65.3 Å². The van der Waals surface area contributed by atoms with Crippen molar-refractivity contribution in [2.24, 2.45) is 0 Å². The second-order valence-electron chi connectivity index (χ2n) is 7.12. The van der Waals surface area contributed by atoms with Gasteiger partial charge in [0.1, 0.15) is 5.75 Å². The number of hydrogen-bond donors (Lipinski definition) is 2. The lowest BCUT2D eigenvalue weighted by Gasteiger charge is -2.09. The van der Waals surface area contributed by atoms with Crippen molar-refractivity contribution < 1.29 is 23.9 Å². The van der Waals surface area contributed by atoms with Gasteiger partial charge in [0.2, 0.25) is 5.91 Å². The van der Waals surface area contributed by atoms with Crippen LogP contribution in [-0.2, 0) is 16.0 Å². The molecule has 0 radical (unpaired) electrons. The highest BCUT2D eigenvalue weighted by Crippen LogP contribution is 2.14. The minimum atomic E-state index is -0.480. The minimum Gasteiger partial charge on any atom is -0.494 e. The summed E-state index contributed by atoms with van der Waals surface area (Å²) in [5, 5.41) is 0. The molecule has 2 aromatic carbocycles. The third-order valence-electron chi connectivity index (χ3n) is 4.71. The smallest absolute Gasteiger partial charge is 0.337 e. The molecule has 0 saturated carbocycles. The van der Waals surface area contributed by atoms with Crippen LogP contribution in [0, 0.1) is 0 Å². The molecule has 0 fully saturated rings. The molecule has 166 valence electrons. The Morgan fingerprint density at radius 1 is 0.839 bits per heavy atom. The van der Waals surface area contributed by atoms with Crippen molar-refractivity contribution in [3.8, 4) is 5.75 Å². The number of hydrazine groups is 1. The second-order valence-corrected chi connectivity index (χ2v) is 7.12. The summed E-state index contributed by atoms with van der Waals surface area (Å²) in [6, 6.07) is 13.6. The molecule has 0 aromatic heterocycles. The summed E-state index contributed by atoms with van der Waals surface area (Å²) in [5.41, 5.74) is 6.44. The SMILES string of the molecule is CCCCCCOc1ccc(CCC(=O)NNC(=O)c2ccc(C(=O)OC)cc2)cc1. The maximum absolute atomic E-state index is 12.1. The molecule has 0 atom stereocenters. The molecule has 0 heterocycles. The molecule has 0 saturated heterocycles. The fraction of sp³-hybridized carbons (Fsp3) is 0.375. The summed E-state index contributed by atoms with van der Waals surface area (Å²) in [6.07, 6.45) is 5.45. The van der Waals surface area contributed by atoms with Crippen molar-refractivity contribution in [3.63, 3.8) is 0 Å². The highest BCUT2D eigenvalue weighted by atomic mass is 16.5. The number of hydrogen-bond acceptors (Lipinski definition) is 5. The average molecular weight is 427 g/mol. The standard InChI is InChI=1S/C24H30N2O5/c1-3-4-5-6-17-31-21-14-7-18(8-15-21)9-16-22(27)25-26-23(28)19-10-12-20(13-11-19)24(29)30-2/h7-8,10-15H,3-6,9,16-17H2,1-2H3,(H,25,27)(H,26,28). The molecule has 0 unspecified atom stereocenters. The first-order chi connectivity index (χ1) is 15.0. The molecule has 2 rings (SSSR count). The van der Waals surface area contributed by atoms with Crippen LogP contribution in [0.25, 0.3) is 0 Å². The van der Waals surface area contributed by atoms with Crippen LogP contribution >= 0.6 is 0 Å². The Morgan fingerprint density at radius 3 is 2.16 bits per heavy atom. The lowest BCUT2D eigenvalue weighted by molar-refractivity contribution is -0.121. The number of ether oxygens (including phenoxy) is 2. The Morgan fingerprint density at radius 2 is 1.52 bits per heavy atom. The van der Waals surface area contributed by atoms with E-state index >= 15 is 0 Å². The normalized spacial score (nSPS) is 10.3. The van der Waals surface area contributed by atoms with E-state index in [2.05, 4.69) is 22.5 Å². The number of benzene rings is 2. The number of amides is 2. The highest BCUT2D eigenvalue weighted by Gasteiger charge is 2.10. The van der Waals surface area contributed by atoms with E-state index in [4.69, 9.17) is 4.74 Å². The monoisotopic (exact) mass is 426 g/mol. The number of carbonyl (C=O) groups excluding carboxylic acids is 3. The number of esters is 1. The van der Waals surface area contributed by atoms with Crippen molar-refractivity contribution in [1.29, 1.82) is 0 Å². The Hall–Kier alpha value is -3.35. The van der Waals surface area contributed by atoms with Crippen molar-refractivity contribution >= 4 is 17.8 Å². The van der Waals surface area contributed by atoms with Gasteiger partial charge in [-0.2, -0.15) is 0 Å². The Bertz CT molecular complexity index is 847. The topological polar surface area (TPSA) is 93.7 Å². The molecule has 0 spiro atoms. The van der Waals surface area contributed by atoms with Gasteiger partial charge < -0.3 is 9.47 Å². The molecule has 7 nitrogen and oxygen atoms in total. The molecule has 2 amide bonds. The number of unbranched alkanes of at least 4 members (excludes halogenated alkanes) is 3. The fourth-order valence-corrected chi connectivity index (χ4v) is 2.87. The molecule has 31 heavy (non-hydrogen) atoms. The van der Waals surface area contributed by atoms with E-state index in [0.29, 0.717) is 24.2 Å². The second kappa shape index (κ2) is 13.1. The van der Waals surface area contributed by atoms with Crippen molar-refractivity contribution in [2.75, 3.05) is 13.7 Å². The summed E-state index contributed by atoms with van der Waals surface area (Å²) in [6.45, 7) is 2.90. The molecule has 0 bridgehead atoms. The van der Waals surface area contributed by atoms with E-state index in [1.54, 1.807) is 0 Å². The Balaban J connectivity index is 1.69. The third-order valence-corrected chi connectivity index (χ3v) is 4.71. The molecular weight excluding hydrogens is 396 g/mol. The largest absolute Gasteiger partial charge is 0.494 e. The Labute approximate surface area is 183 Å². The van der Waals surface area contributed by atoms with Crippen LogP contribution < -0.4 is 15.6 Å². The van der Waals surface area contributed by atoms with Gasteiger partial charge in [-0.05, 0) is 54.8 Å². The lowest BCUT2D eigenvalue weighted by Crippen LogP contribution is -2.41. The first-order valence-electron chi connectivity index (χ1n) is 10.5. The molecule has 0 aliphatic carbocycles. The number of methoxy groups -OCH3 is 1. The predicted octanol–water partition coefficient (Wildman–Crippen LogP) is 3.83. The molecule has 0 aliphatic heterocycles. The van der Waals surface area contributed by atoms with Crippen molar-refractivity contribution in [3.05, 3.63) is 65.2 Å². The van der Waals surface area contributed by atoms with E-state index in [1.165, 1.54) is 50.6 Å². The minimum absolute atomic E-state index is 0.235. The van der Waals surface area contributed by atoms with E-state index in [0.717, 1.165) is 17.7 Å². The third kappa shape index (κ3) is 8.50. The molecular formula is C24H30N2O5. The van der Waals surface area contributed by atoms with Gasteiger partial charge in [0.25, 0.3) is 5.91 Å². The van der Waals surface area contributed by atoms with Gasteiger partial charge in [-0.15, -0.1) is 0 Å². The van der Waals surface area contributed by atoms with Gasteiger partial charge in [-0.3, -0.25) is 20.4 Å². The summed E-state index contributed by atoms with van der Waals surface area (Å²) >= 11 is 0. The zero-order valence-corrected chi connectivity index (χ0v) is 18.1. The van der Waals surface area contributed by atoms with Crippen LogP contribution in [-0.4, -0.2) is 31.5 Å². The summed E-state index contributed by atoms with van der Waals surface area (Å²) in [5.74, 6) is -0.414. The van der Waals surface area contributed by atoms with Gasteiger partial charge in [0.15, 0.2) is 0 Å². The maximum Gasteiger partial charge on any atom is 0.337 e. The van der Waals surface area contributed by atoms with Gasteiger partial charge in [0, 0.05) is 12.0 Å². The number of nitrogens with one attached hydrogen (secondary N) is 2. The summed E-state index contributed by atoms with van der Waals surface area (Å²) < 4.78 is 10.3. The zero-order chi connectivity index (χ0) is 22.5. The predicted molar refractivity (Wildman–Crippen MR) is 118 cm³/mol. The lowest BCUT2D eigenvalue weighted by atomic mass is 10.1. The first-order valence-corrected chi connectivity index (χ1v) is 10.5. The molecule has 0 aliphatic rings. The van der Waals surface area contributed by atoms with E-state index in [-0.39, 0.29) is 12.3 Å². The first kappa shape index (κ1) is 23.9. The molecule has 2 N–H and O–H groups in total. The number of carbonyl (C=O) groups is 3. The maximum atomic E-state index is 12.1. The van der Waals surface area contributed by atoms with Gasteiger partial charge in [-0.1, -0.05) is 38.3 Å². The van der Waals surface area contributed by atoms with Crippen molar-refractivity contribution in [2.45, 2.75) is 45.4 Å². The Kier molecular flexibility index (Phi) is 10.1. The fourth-order valence-electron chi connectivity index (χ4n) is 2.87. The van der Waals surface area contributed by atoms with Gasteiger partial charge in [-0.25, -0.2) is 4.79 Å². The van der Waals surface area contributed by atoms with Crippen molar-refractivity contribution in [1.82, 2.24) is 10.9 Å². The number of aryl methyl sites for hydroxylation is 1. The zero-order valence-electron chi connectivity index (χ0n) is 18.1. The number of rotatable bonds is 11. The quantitative estimate of drug-likeness (QED) is 0.324. The van der Waals surface area contributed by atoms with Crippen LogP contribution in [0.2, 0.25) is 0 Å². The van der Waals surface area contributed by atoms with Crippen LogP contribution in [0.15, 0.2) is 48.5 Å². The van der Waals surface area contributed by atoms with E-state index in [9.17, 15) is 14.4 Å². The highest BCUT2D eigenvalue weighted by molar-refractivity contribution is 5.97. The molecule has 2 aromatic rings. The van der Waals surface area contributed by atoms with E-state index < -0.39 is 11.9 Å². The summed E-state index contributed by atoms with van der Waals surface area (Å²) in [4.78, 5) is 35.5. The van der Waals surface area contributed by atoms with Crippen LogP contribution in [0.3, 0.4) is 0 Å². The average Bonchev–Trinajstić information content (AvgIpc) is 2.81. The van der Waals surface area contributed by atoms with Crippen LogP contribution in [0.4, 0.5) is 0 Å².